The summed E-state index contributed by atoms with van der Waals surface area (Å²) in [4.78, 5) is 11.1. The summed E-state index contributed by atoms with van der Waals surface area (Å²) in [5, 5.41) is 11.9. The standard InChI is InChI=1S/C10H16N4O2S/c1-7(5-10(15)16-2)17-6-9-11-12-13-14(9)8-3-4-8/h7-8H,3-6H2,1-2H3. The second kappa shape index (κ2) is 5.48. The van der Waals surface area contributed by atoms with E-state index in [9.17, 15) is 4.79 Å². The smallest absolute Gasteiger partial charge is 0.306 e. The molecule has 1 unspecified atom stereocenters. The fourth-order valence-electron chi connectivity index (χ4n) is 1.50. The molecule has 1 aliphatic carbocycles. The van der Waals surface area contributed by atoms with Gasteiger partial charge in [-0.2, -0.15) is 11.8 Å². The first-order chi connectivity index (χ1) is 8.20. The van der Waals surface area contributed by atoms with Gasteiger partial charge in [-0.15, -0.1) is 5.10 Å². The molecule has 17 heavy (non-hydrogen) atoms. The van der Waals surface area contributed by atoms with E-state index in [1.807, 2.05) is 11.6 Å². The lowest BCUT2D eigenvalue weighted by Crippen LogP contribution is -2.10. The molecule has 0 saturated heterocycles. The highest BCUT2D eigenvalue weighted by molar-refractivity contribution is 7.99. The quantitative estimate of drug-likeness (QED) is 0.712. The molecule has 1 atom stereocenters. The first kappa shape index (κ1) is 12.3. The van der Waals surface area contributed by atoms with Crippen LogP contribution in [0.25, 0.3) is 0 Å². The third-order valence-electron chi connectivity index (χ3n) is 2.63. The van der Waals surface area contributed by atoms with Gasteiger partial charge >= 0.3 is 5.97 Å². The number of esters is 1. The minimum atomic E-state index is -0.174. The zero-order chi connectivity index (χ0) is 12.3. The van der Waals surface area contributed by atoms with E-state index in [0.29, 0.717) is 12.5 Å². The van der Waals surface area contributed by atoms with Crippen molar-refractivity contribution < 1.29 is 9.53 Å². The van der Waals surface area contributed by atoms with Crippen molar-refractivity contribution in [2.75, 3.05) is 7.11 Å². The number of ether oxygens (including phenoxy) is 1. The number of thioether (sulfide) groups is 1. The zero-order valence-electron chi connectivity index (χ0n) is 10.00. The van der Waals surface area contributed by atoms with Crippen LogP contribution in [0.1, 0.15) is 38.1 Å². The largest absolute Gasteiger partial charge is 0.469 e. The Kier molecular flexibility index (Phi) is 3.98. The van der Waals surface area contributed by atoms with Crippen LogP contribution in [0.5, 0.6) is 0 Å². The number of aromatic nitrogens is 4. The molecule has 1 fully saturated rings. The van der Waals surface area contributed by atoms with Crippen molar-refractivity contribution in [2.24, 2.45) is 0 Å². The zero-order valence-corrected chi connectivity index (χ0v) is 10.8. The normalized spacial score (nSPS) is 16.8. The Labute approximate surface area is 104 Å². The van der Waals surface area contributed by atoms with E-state index >= 15 is 0 Å². The Morgan fingerprint density at radius 2 is 2.41 bits per heavy atom. The van der Waals surface area contributed by atoms with E-state index in [2.05, 4.69) is 20.3 Å². The van der Waals surface area contributed by atoms with Gasteiger partial charge in [-0.3, -0.25) is 4.79 Å². The molecule has 1 aromatic heterocycles. The third kappa shape index (κ3) is 3.42. The molecule has 0 bridgehead atoms. The summed E-state index contributed by atoms with van der Waals surface area (Å²) in [5.74, 6) is 1.46. The molecule has 0 radical (unpaired) electrons. The molecule has 1 saturated carbocycles. The Hall–Kier alpha value is -1.11. The highest BCUT2D eigenvalue weighted by Gasteiger charge is 2.27. The van der Waals surface area contributed by atoms with E-state index in [-0.39, 0.29) is 11.2 Å². The topological polar surface area (TPSA) is 69.9 Å². The highest BCUT2D eigenvalue weighted by Crippen LogP contribution is 2.35. The number of carbonyl (C=O) groups excluding carboxylic acids is 1. The first-order valence-corrected chi connectivity index (χ1v) is 6.70. The van der Waals surface area contributed by atoms with Crippen LogP contribution in [0.4, 0.5) is 0 Å². The molecular formula is C10H16N4O2S. The highest BCUT2D eigenvalue weighted by atomic mass is 32.2. The lowest BCUT2D eigenvalue weighted by atomic mass is 10.3. The Balaban J connectivity index is 1.80. The SMILES string of the molecule is COC(=O)CC(C)SCc1nnnn1C1CC1. The van der Waals surface area contributed by atoms with Gasteiger partial charge in [0.2, 0.25) is 0 Å². The maximum Gasteiger partial charge on any atom is 0.306 e. The fourth-order valence-corrected chi connectivity index (χ4v) is 2.38. The van der Waals surface area contributed by atoms with Gasteiger partial charge in [0.15, 0.2) is 5.82 Å². The van der Waals surface area contributed by atoms with Gasteiger partial charge in [0.1, 0.15) is 0 Å². The Morgan fingerprint density at radius 1 is 1.65 bits per heavy atom. The van der Waals surface area contributed by atoms with Crippen molar-refractivity contribution >= 4 is 17.7 Å². The Bertz CT molecular complexity index is 391. The predicted molar refractivity (Wildman–Crippen MR) is 63.5 cm³/mol. The maximum atomic E-state index is 11.1. The second-order valence-electron chi connectivity index (χ2n) is 4.17. The minimum Gasteiger partial charge on any atom is -0.469 e. The average molecular weight is 256 g/mol. The lowest BCUT2D eigenvalue weighted by Gasteiger charge is -2.09. The van der Waals surface area contributed by atoms with Gasteiger partial charge < -0.3 is 4.74 Å². The van der Waals surface area contributed by atoms with Crippen LogP contribution in [-0.4, -0.2) is 38.5 Å². The third-order valence-corrected chi connectivity index (χ3v) is 3.79. The van der Waals surface area contributed by atoms with Gasteiger partial charge in [-0.25, -0.2) is 4.68 Å². The van der Waals surface area contributed by atoms with Crippen LogP contribution >= 0.6 is 11.8 Å². The van der Waals surface area contributed by atoms with Crippen LogP contribution in [0.3, 0.4) is 0 Å². The van der Waals surface area contributed by atoms with Crippen LogP contribution in [0.2, 0.25) is 0 Å². The molecule has 0 amide bonds. The first-order valence-electron chi connectivity index (χ1n) is 5.66. The minimum absolute atomic E-state index is 0.174. The summed E-state index contributed by atoms with van der Waals surface area (Å²) in [7, 11) is 1.41. The molecule has 7 heteroatoms. The van der Waals surface area contributed by atoms with Crippen molar-refractivity contribution in [1.82, 2.24) is 20.2 Å². The van der Waals surface area contributed by atoms with Crippen molar-refractivity contribution in [3.8, 4) is 0 Å². The van der Waals surface area contributed by atoms with E-state index in [4.69, 9.17) is 0 Å². The molecular weight excluding hydrogens is 240 g/mol. The van der Waals surface area contributed by atoms with E-state index in [1.165, 1.54) is 20.0 Å². The summed E-state index contributed by atoms with van der Waals surface area (Å²) in [5.41, 5.74) is 0. The van der Waals surface area contributed by atoms with Crippen LogP contribution in [0.15, 0.2) is 0 Å². The monoisotopic (exact) mass is 256 g/mol. The molecule has 1 aliphatic rings. The lowest BCUT2D eigenvalue weighted by molar-refractivity contribution is -0.140. The summed E-state index contributed by atoms with van der Waals surface area (Å²) in [6.07, 6.45) is 2.76. The van der Waals surface area contributed by atoms with Crippen LogP contribution in [-0.2, 0) is 15.3 Å². The summed E-state index contributed by atoms with van der Waals surface area (Å²) < 4.78 is 6.53. The van der Waals surface area contributed by atoms with Gasteiger partial charge in [-0.05, 0) is 23.3 Å². The molecule has 0 aromatic carbocycles. The molecule has 0 aliphatic heterocycles. The van der Waals surface area contributed by atoms with E-state index in [1.54, 1.807) is 11.8 Å². The molecule has 6 nitrogen and oxygen atoms in total. The molecule has 0 N–H and O–H groups in total. The molecule has 1 heterocycles. The summed E-state index contributed by atoms with van der Waals surface area (Å²) in [6.45, 7) is 2.01. The number of hydrogen-bond acceptors (Lipinski definition) is 6. The number of hydrogen-bond donors (Lipinski definition) is 0. The Morgan fingerprint density at radius 3 is 3.06 bits per heavy atom. The van der Waals surface area contributed by atoms with Crippen molar-refractivity contribution in [3.63, 3.8) is 0 Å². The van der Waals surface area contributed by atoms with Gasteiger partial charge in [0.25, 0.3) is 0 Å². The number of tetrazole rings is 1. The number of rotatable bonds is 6. The average Bonchev–Trinajstić information content (AvgIpc) is 3.05. The number of nitrogens with zero attached hydrogens (tertiary/aromatic N) is 4. The van der Waals surface area contributed by atoms with Gasteiger partial charge in [0, 0.05) is 5.25 Å². The van der Waals surface area contributed by atoms with Crippen molar-refractivity contribution in [3.05, 3.63) is 5.82 Å². The van der Waals surface area contributed by atoms with Crippen LogP contribution in [0, 0.1) is 0 Å². The molecule has 0 spiro atoms. The number of methoxy groups -OCH3 is 1. The summed E-state index contributed by atoms with van der Waals surface area (Å²) >= 11 is 1.67. The van der Waals surface area contributed by atoms with Gasteiger partial charge in [0.05, 0.1) is 25.3 Å². The molecule has 94 valence electrons. The molecule has 1 aromatic rings. The van der Waals surface area contributed by atoms with Crippen molar-refractivity contribution in [1.29, 1.82) is 0 Å². The van der Waals surface area contributed by atoms with E-state index in [0.717, 1.165) is 11.6 Å². The predicted octanol–water partition coefficient (Wildman–Crippen LogP) is 1.19. The van der Waals surface area contributed by atoms with Crippen LogP contribution < -0.4 is 0 Å². The number of carbonyl (C=O) groups is 1. The molecule has 2 rings (SSSR count). The fraction of sp³-hybridized carbons (Fsp3) is 0.800. The second-order valence-corrected chi connectivity index (χ2v) is 5.60. The van der Waals surface area contributed by atoms with E-state index < -0.39 is 0 Å². The summed E-state index contributed by atoms with van der Waals surface area (Å²) in [6, 6.07) is 0.497. The van der Waals surface area contributed by atoms with Gasteiger partial charge in [-0.1, -0.05) is 6.92 Å². The van der Waals surface area contributed by atoms with Crippen molar-refractivity contribution in [2.45, 2.75) is 43.2 Å². The maximum absolute atomic E-state index is 11.1.